The van der Waals surface area contributed by atoms with Crippen LogP contribution in [0.25, 0.3) is 0 Å². The number of benzene rings is 1. The molecular weight excluding hydrogens is 332 g/mol. The fraction of sp³-hybridized carbons (Fsp3) is 0.529. The van der Waals surface area contributed by atoms with Gasteiger partial charge in [-0.05, 0) is 32.9 Å². The predicted molar refractivity (Wildman–Crippen MR) is 85.0 cm³/mol. The maximum Gasteiger partial charge on any atom is 0.338 e. The number of hydrogen-bond acceptors (Lipinski definition) is 8. The van der Waals surface area contributed by atoms with Crippen LogP contribution in [0.1, 0.15) is 32.6 Å². The average molecular weight is 354 g/mol. The van der Waals surface area contributed by atoms with E-state index in [2.05, 4.69) is 0 Å². The number of hydrogen-bond donors (Lipinski definition) is 1. The summed E-state index contributed by atoms with van der Waals surface area (Å²) >= 11 is 0. The van der Waals surface area contributed by atoms with Gasteiger partial charge in [0.15, 0.2) is 30.0 Å². The largest absolute Gasteiger partial charge is 0.504 e. The molecule has 1 aliphatic rings. The van der Waals surface area contributed by atoms with E-state index in [0.29, 0.717) is 6.61 Å². The minimum atomic E-state index is -1.28. The van der Waals surface area contributed by atoms with Crippen LogP contribution in [0.4, 0.5) is 0 Å². The summed E-state index contributed by atoms with van der Waals surface area (Å²) in [4.78, 5) is 24.1. The molecule has 0 aromatic heterocycles. The van der Waals surface area contributed by atoms with E-state index in [1.54, 1.807) is 39.0 Å². The monoisotopic (exact) mass is 354 g/mol. The van der Waals surface area contributed by atoms with Crippen LogP contribution in [0.5, 0.6) is 11.5 Å². The third-order valence-electron chi connectivity index (χ3n) is 3.44. The number of carbonyl (C=O) groups is 2. The van der Waals surface area contributed by atoms with Crippen LogP contribution in [0, 0.1) is 0 Å². The molecule has 1 saturated heterocycles. The first-order chi connectivity index (χ1) is 12.0. The lowest BCUT2D eigenvalue weighted by atomic mass is 10.2. The van der Waals surface area contributed by atoms with Crippen molar-refractivity contribution in [1.82, 2.24) is 0 Å². The van der Waals surface area contributed by atoms with Crippen molar-refractivity contribution in [2.24, 2.45) is 0 Å². The van der Waals surface area contributed by atoms with Gasteiger partial charge >= 0.3 is 11.9 Å². The zero-order valence-corrected chi connectivity index (χ0v) is 14.4. The lowest BCUT2D eigenvalue weighted by Gasteiger charge is -2.14. The number of rotatable bonds is 7. The van der Waals surface area contributed by atoms with Crippen LogP contribution in [0.2, 0.25) is 0 Å². The fourth-order valence-electron chi connectivity index (χ4n) is 2.40. The van der Waals surface area contributed by atoms with E-state index in [0.717, 1.165) is 0 Å². The van der Waals surface area contributed by atoms with Crippen molar-refractivity contribution in [2.45, 2.75) is 39.3 Å². The highest BCUT2D eigenvalue weighted by molar-refractivity contribution is 5.86. The highest BCUT2D eigenvalue weighted by Crippen LogP contribution is 2.40. The molecule has 1 N–H and O–H groups in total. The van der Waals surface area contributed by atoms with Crippen molar-refractivity contribution in [1.29, 1.82) is 0 Å². The number of phenols is 1. The second-order valence-electron chi connectivity index (χ2n) is 5.08. The molecule has 1 aromatic carbocycles. The van der Waals surface area contributed by atoms with Gasteiger partial charge in [-0.1, -0.05) is 6.07 Å². The van der Waals surface area contributed by atoms with Crippen LogP contribution in [0.3, 0.4) is 0 Å². The molecule has 0 aliphatic carbocycles. The maximum atomic E-state index is 12.1. The molecule has 138 valence electrons. The van der Waals surface area contributed by atoms with E-state index in [-0.39, 0.29) is 30.3 Å². The molecule has 0 unspecified atom stereocenters. The molecule has 8 nitrogen and oxygen atoms in total. The van der Waals surface area contributed by atoms with Gasteiger partial charge in [-0.3, -0.25) is 0 Å². The molecular formula is C17H22O8. The van der Waals surface area contributed by atoms with Crippen LogP contribution < -0.4 is 4.74 Å². The third kappa shape index (κ3) is 4.21. The van der Waals surface area contributed by atoms with Gasteiger partial charge in [-0.25, -0.2) is 9.59 Å². The summed E-state index contributed by atoms with van der Waals surface area (Å²) in [5.41, 5.74) is 0.243. The summed E-state index contributed by atoms with van der Waals surface area (Å²) in [5, 5.41) is 10.3. The zero-order chi connectivity index (χ0) is 18.4. The standard InChI is InChI=1S/C17H22O8/c1-4-21-11-9-7-8-10(12(11)18)17-24-13(15(19)22-5-2)14(25-17)16(20)23-6-3/h7-9,13-14,17-18H,4-6H2,1-3H3/t13-,14-/m1/s1. The predicted octanol–water partition coefficient (Wildman–Crippen LogP) is 1.70. The quantitative estimate of drug-likeness (QED) is 0.739. The van der Waals surface area contributed by atoms with E-state index < -0.39 is 30.4 Å². The van der Waals surface area contributed by atoms with Crippen molar-refractivity contribution < 1.29 is 38.4 Å². The lowest BCUT2D eigenvalue weighted by molar-refractivity contribution is -0.163. The van der Waals surface area contributed by atoms with E-state index in [4.69, 9.17) is 23.7 Å². The Morgan fingerprint density at radius 1 is 1.00 bits per heavy atom. The minimum absolute atomic E-state index is 0.129. The third-order valence-corrected chi connectivity index (χ3v) is 3.44. The SMILES string of the molecule is CCOC(=O)[C@@H]1OC(c2cccc(OCC)c2O)O[C@H]1C(=O)OCC. The Morgan fingerprint density at radius 3 is 2.04 bits per heavy atom. The van der Waals surface area contributed by atoms with Gasteiger partial charge in [0.2, 0.25) is 0 Å². The van der Waals surface area contributed by atoms with Gasteiger partial charge in [-0.2, -0.15) is 0 Å². The Kier molecular flexibility index (Phi) is 6.60. The van der Waals surface area contributed by atoms with Crippen molar-refractivity contribution in [3.8, 4) is 11.5 Å². The van der Waals surface area contributed by atoms with Gasteiger partial charge in [0.25, 0.3) is 0 Å². The van der Waals surface area contributed by atoms with Gasteiger partial charge in [-0.15, -0.1) is 0 Å². The van der Waals surface area contributed by atoms with E-state index in [9.17, 15) is 14.7 Å². The molecule has 0 radical (unpaired) electrons. The second-order valence-corrected chi connectivity index (χ2v) is 5.08. The van der Waals surface area contributed by atoms with Crippen LogP contribution in [-0.2, 0) is 28.5 Å². The lowest BCUT2D eigenvalue weighted by Crippen LogP contribution is -2.39. The highest BCUT2D eigenvalue weighted by Gasteiger charge is 2.48. The summed E-state index contributed by atoms with van der Waals surface area (Å²) in [5.74, 6) is -1.40. The molecule has 8 heteroatoms. The highest BCUT2D eigenvalue weighted by atomic mass is 16.8. The van der Waals surface area contributed by atoms with Gasteiger partial charge in [0, 0.05) is 0 Å². The number of ether oxygens (including phenoxy) is 5. The van der Waals surface area contributed by atoms with Gasteiger partial charge in [0.1, 0.15) is 0 Å². The summed E-state index contributed by atoms with van der Waals surface area (Å²) in [7, 11) is 0. The Bertz CT molecular complexity index is 589. The smallest absolute Gasteiger partial charge is 0.338 e. The Hall–Kier alpha value is -2.32. The number of phenolic OH excluding ortho intramolecular Hbond substituents is 1. The number of carbonyl (C=O) groups excluding carboxylic acids is 2. The molecule has 0 bridgehead atoms. The van der Waals surface area contributed by atoms with Crippen LogP contribution in [-0.4, -0.2) is 49.1 Å². The van der Waals surface area contributed by atoms with Crippen molar-refractivity contribution in [3.05, 3.63) is 23.8 Å². The minimum Gasteiger partial charge on any atom is -0.504 e. The van der Waals surface area contributed by atoms with E-state index >= 15 is 0 Å². The topological polar surface area (TPSA) is 101 Å². The van der Waals surface area contributed by atoms with Gasteiger partial charge in [0.05, 0.1) is 25.4 Å². The first-order valence-corrected chi connectivity index (χ1v) is 8.12. The summed E-state index contributed by atoms with van der Waals surface area (Å²) in [6, 6.07) is 4.78. The molecule has 1 fully saturated rings. The molecule has 0 spiro atoms. The summed E-state index contributed by atoms with van der Waals surface area (Å²) < 4.78 is 26.2. The molecule has 1 aromatic rings. The Labute approximate surface area is 145 Å². The van der Waals surface area contributed by atoms with Gasteiger partial charge < -0.3 is 28.8 Å². The first kappa shape index (κ1) is 19.0. The number of esters is 2. The normalized spacial score (nSPS) is 20.3. The zero-order valence-electron chi connectivity index (χ0n) is 14.4. The maximum absolute atomic E-state index is 12.1. The molecule has 0 saturated carbocycles. The second kappa shape index (κ2) is 8.68. The Morgan fingerprint density at radius 2 is 1.56 bits per heavy atom. The van der Waals surface area contributed by atoms with Crippen molar-refractivity contribution in [3.63, 3.8) is 0 Å². The Balaban J connectivity index is 2.27. The molecule has 0 amide bonds. The average Bonchev–Trinajstić information content (AvgIpc) is 3.03. The summed E-state index contributed by atoms with van der Waals surface area (Å²) in [6.45, 7) is 5.68. The van der Waals surface area contributed by atoms with Crippen LogP contribution in [0.15, 0.2) is 18.2 Å². The fourth-order valence-corrected chi connectivity index (χ4v) is 2.40. The molecule has 2 rings (SSSR count). The molecule has 2 atom stereocenters. The summed E-state index contributed by atoms with van der Waals surface area (Å²) in [6.07, 6.45) is -3.69. The van der Waals surface area contributed by atoms with Crippen molar-refractivity contribution >= 4 is 11.9 Å². The number of para-hydroxylation sites is 1. The first-order valence-electron chi connectivity index (χ1n) is 8.12. The molecule has 1 heterocycles. The van der Waals surface area contributed by atoms with Crippen LogP contribution >= 0.6 is 0 Å². The van der Waals surface area contributed by atoms with E-state index in [1.807, 2.05) is 0 Å². The van der Waals surface area contributed by atoms with Crippen molar-refractivity contribution in [2.75, 3.05) is 19.8 Å². The molecule has 25 heavy (non-hydrogen) atoms. The number of aromatic hydroxyl groups is 1. The van der Waals surface area contributed by atoms with E-state index in [1.165, 1.54) is 0 Å². The molecule has 1 aliphatic heterocycles.